The highest BCUT2D eigenvalue weighted by Gasteiger charge is 2.39. The lowest BCUT2D eigenvalue weighted by Gasteiger charge is -2.32. The molecule has 0 radical (unpaired) electrons. The van der Waals surface area contributed by atoms with Gasteiger partial charge < -0.3 is 10.2 Å². The summed E-state index contributed by atoms with van der Waals surface area (Å²) in [7, 11) is 0. The molecule has 0 aromatic rings. The summed E-state index contributed by atoms with van der Waals surface area (Å²) in [5, 5.41) is 18.4. The maximum absolute atomic E-state index is 11.1. The lowest BCUT2D eigenvalue weighted by Crippen LogP contribution is -2.55. The molecule has 0 spiro atoms. The third-order valence-corrected chi connectivity index (χ3v) is 4.59. The molecule has 128 valence electrons. The fourth-order valence-electron chi connectivity index (χ4n) is 3.32. The SMILES string of the molecule is CCCCCCCCCCC1=NCC[N+]1(CCO)CC(=O)O. The first-order chi connectivity index (χ1) is 10.6. The Morgan fingerprint density at radius 2 is 1.77 bits per heavy atom. The molecule has 5 nitrogen and oxygen atoms in total. The van der Waals surface area contributed by atoms with E-state index in [1.165, 1.54) is 44.9 Å². The highest BCUT2D eigenvalue weighted by molar-refractivity contribution is 5.80. The normalized spacial score (nSPS) is 21.1. The molecule has 0 amide bonds. The summed E-state index contributed by atoms with van der Waals surface area (Å²) in [6.45, 7) is 4.19. The predicted octanol–water partition coefficient (Wildman–Crippen LogP) is 2.82. The lowest BCUT2D eigenvalue weighted by atomic mass is 10.1. The molecule has 0 saturated carbocycles. The van der Waals surface area contributed by atoms with Gasteiger partial charge in [-0.15, -0.1) is 0 Å². The molecule has 1 aliphatic rings. The number of aliphatic hydroxyl groups excluding tert-OH is 1. The van der Waals surface area contributed by atoms with E-state index in [0.29, 0.717) is 17.6 Å². The van der Waals surface area contributed by atoms with Crippen molar-refractivity contribution in [3.63, 3.8) is 0 Å². The molecule has 0 aliphatic carbocycles. The second kappa shape index (κ2) is 10.7. The van der Waals surface area contributed by atoms with Crippen LogP contribution in [-0.2, 0) is 4.79 Å². The Labute approximate surface area is 134 Å². The smallest absolute Gasteiger partial charge is 0.359 e. The molecule has 0 aromatic carbocycles. The second-order valence-corrected chi connectivity index (χ2v) is 6.39. The number of carbonyl (C=O) groups is 1. The van der Waals surface area contributed by atoms with Crippen molar-refractivity contribution >= 4 is 11.8 Å². The third kappa shape index (κ3) is 6.44. The fraction of sp³-hybridized carbons (Fsp3) is 0.882. The van der Waals surface area contributed by atoms with Crippen molar-refractivity contribution in [1.82, 2.24) is 0 Å². The first-order valence-electron chi connectivity index (χ1n) is 8.87. The van der Waals surface area contributed by atoms with Crippen LogP contribution in [0.2, 0.25) is 0 Å². The van der Waals surface area contributed by atoms with E-state index in [1.54, 1.807) is 0 Å². The van der Waals surface area contributed by atoms with Gasteiger partial charge >= 0.3 is 5.97 Å². The highest BCUT2D eigenvalue weighted by atomic mass is 16.4. The number of quaternary nitrogens is 1. The molecule has 0 saturated heterocycles. The standard InChI is InChI=1S/C17H32N2O3/c1-2-3-4-5-6-7-8-9-10-16-18-11-12-19(16,13-14-20)15-17(21)22/h20H,2-15H2,1H3/p+1. The maximum atomic E-state index is 11.1. The Morgan fingerprint density at radius 1 is 1.14 bits per heavy atom. The quantitative estimate of drug-likeness (QED) is 0.406. The van der Waals surface area contributed by atoms with Crippen LogP contribution in [0.25, 0.3) is 0 Å². The lowest BCUT2D eigenvalue weighted by molar-refractivity contribution is -0.829. The van der Waals surface area contributed by atoms with Crippen molar-refractivity contribution in [3.05, 3.63) is 0 Å². The molecule has 0 aromatic heterocycles. The number of amidine groups is 1. The Morgan fingerprint density at radius 3 is 2.36 bits per heavy atom. The van der Waals surface area contributed by atoms with Crippen LogP contribution in [-0.4, -0.2) is 59.3 Å². The largest absolute Gasteiger partial charge is 0.477 e. The number of rotatable bonds is 13. The molecule has 1 atom stereocenters. The van der Waals surface area contributed by atoms with Gasteiger partial charge in [-0.2, -0.15) is 0 Å². The summed E-state index contributed by atoms with van der Waals surface area (Å²) in [4.78, 5) is 15.7. The third-order valence-electron chi connectivity index (χ3n) is 4.59. The number of hydrogen-bond acceptors (Lipinski definition) is 3. The van der Waals surface area contributed by atoms with Gasteiger partial charge in [0.1, 0.15) is 13.1 Å². The van der Waals surface area contributed by atoms with E-state index in [4.69, 9.17) is 5.11 Å². The van der Waals surface area contributed by atoms with Crippen LogP contribution in [0.5, 0.6) is 0 Å². The van der Waals surface area contributed by atoms with Crippen molar-refractivity contribution in [2.45, 2.75) is 64.7 Å². The second-order valence-electron chi connectivity index (χ2n) is 6.39. The zero-order chi connectivity index (χ0) is 16.3. The molecular formula is C17H33N2O3+. The van der Waals surface area contributed by atoms with E-state index >= 15 is 0 Å². The van der Waals surface area contributed by atoms with Crippen molar-refractivity contribution in [1.29, 1.82) is 0 Å². The number of hydrogen-bond donors (Lipinski definition) is 2. The van der Waals surface area contributed by atoms with Crippen LogP contribution < -0.4 is 0 Å². The first-order valence-corrected chi connectivity index (χ1v) is 8.87. The summed E-state index contributed by atoms with van der Waals surface area (Å²) in [5.41, 5.74) is 0. The van der Waals surface area contributed by atoms with Crippen LogP contribution in [0.15, 0.2) is 4.99 Å². The van der Waals surface area contributed by atoms with Gasteiger partial charge in [-0.25, -0.2) is 9.79 Å². The minimum atomic E-state index is -0.807. The number of carboxylic acids is 1. The van der Waals surface area contributed by atoms with Crippen LogP contribution >= 0.6 is 0 Å². The van der Waals surface area contributed by atoms with Gasteiger partial charge in [0.15, 0.2) is 12.4 Å². The van der Waals surface area contributed by atoms with Gasteiger partial charge in [-0.1, -0.05) is 51.9 Å². The van der Waals surface area contributed by atoms with Gasteiger partial charge in [0.05, 0.1) is 13.2 Å². The number of aliphatic imine (C=N–C) groups is 1. The molecule has 1 aliphatic heterocycles. The van der Waals surface area contributed by atoms with Gasteiger partial charge in [0.25, 0.3) is 0 Å². The number of aliphatic carboxylic acids is 1. The molecule has 1 unspecified atom stereocenters. The van der Waals surface area contributed by atoms with Gasteiger partial charge in [0.2, 0.25) is 0 Å². The van der Waals surface area contributed by atoms with Crippen molar-refractivity contribution in [2.75, 3.05) is 32.8 Å². The monoisotopic (exact) mass is 313 g/mol. The van der Waals surface area contributed by atoms with Crippen LogP contribution in [0.4, 0.5) is 0 Å². The van der Waals surface area contributed by atoms with Crippen LogP contribution in [0, 0.1) is 0 Å². The van der Waals surface area contributed by atoms with Gasteiger partial charge in [-0.3, -0.25) is 4.48 Å². The first kappa shape index (κ1) is 19.1. The summed E-state index contributed by atoms with van der Waals surface area (Å²) in [5.74, 6) is 0.182. The van der Waals surface area contributed by atoms with E-state index in [0.717, 1.165) is 25.2 Å². The van der Waals surface area contributed by atoms with E-state index in [9.17, 15) is 9.90 Å². The zero-order valence-corrected chi connectivity index (χ0v) is 14.1. The number of carboxylic acid groups (broad SMARTS) is 1. The van der Waals surface area contributed by atoms with Crippen molar-refractivity contribution < 1.29 is 19.5 Å². The molecule has 1 heterocycles. The van der Waals surface area contributed by atoms with E-state index in [2.05, 4.69) is 11.9 Å². The number of nitrogens with zero attached hydrogens (tertiary/aromatic N) is 2. The summed E-state index contributed by atoms with van der Waals surface area (Å²) < 4.78 is 0.363. The minimum absolute atomic E-state index is 0.0176. The molecule has 2 N–H and O–H groups in total. The van der Waals surface area contributed by atoms with E-state index in [-0.39, 0.29) is 13.2 Å². The molecular weight excluding hydrogens is 280 g/mol. The molecule has 0 fully saturated rings. The molecule has 22 heavy (non-hydrogen) atoms. The van der Waals surface area contributed by atoms with Crippen molar-refractivity contribution in [3.8, 4) is 0 Å². The maximum Gasteiger partial charge on any atom is 0.359 e. The average molecular weight is 313 g/mol. The zero-order valence-electron chi connectivity index (χ0n) is 14.1. The summed E-state index contributed by atoms with van der Waals surface area (Å²) >= 11 is 0. The average Bonchev–Trinajstić information content (AvgIpc) is 2.84. The molecule has 0 bridgehead atoms. The summed E-state index contributed by atoms with van der Waals surface area (Å²) in [6.07, 6.45) is 11.0. The fourth-order valence-corrected chi connectivity index (χ4v) is 3.32. The topological polar surface area (TPSA) is 69.9 Å². The van der Waals surface area contributed by atoms with Gasteiger partial charge in [-0.05, 0) is 6.42 Å². The van der Waals surface area contributed by atoms with E-state index < -0.39 is 5.97 Å². The molecule has 1 rings (SSSR count). The minimum Gasteiger partial charge on any atom is -0.477 e. The Balaban J connectivity index is 2.29. The summed E-state index contributed by atoms with van der Waals surface area (Å²) in [6, 6.07) is 0. The Hall–Kier alpha value is -0.940. The van der Waals surface area contributed by atoms with Crippen molar-refractivity contribution in [2.24, 2.45) is 4.99 Å². The number of unbranched alkanes of at least 4 members (excludes halogenated alkanes) is 7. The van der Waals surface area contributed by atoms with Crippen LogP contribution in [0.3, 0.4) is 0 Å². The van der Waals surface area contributed by atoms with Gasteiger partial charge in [0, 0.05) is 6.42 Å². The van der Waals surface area contributed by atoms with Crippen LogP contribution in [0.1, 0.15) is 64.7 Å². The number of aliphatic hydroxyl groups is 1. The predicted molar refractivity (Wildman–Crippen MR) is 89.1 cm³/mol. The van der Waals surface area contributed by atoms with E-state index in [1.807, 2.05) is 0 Å². The Kier molecular flexibility index (Phi) is 9.32. The molecule has 5 heteroatoms. The highest BCUT2D eigenvalue weighted by Crippen LogP contribution is 2.20. The Bertz CT molecular complexity index is 358.